The van der Waals surface area contributed by atoms with Gasteiger partial charge in [-0.25, -0.2) is 0 Å². The first-order valence-corrected chi connectivity index (χ1v) is 30.8. The predicted octanol–water partition coefficient (Wildman–Crippen LogP) is -24.4. The maximum absolute atomic E-state index is 11.0. The van der Waals surface area contributed by atoms with Crippen LogP contribution in [0.4, 0.5) is 0 Å². The number of carboxylic acid groups (broad SMARTS) is 20. The summed E-state index contributed by atoms with van der Waals surface area (Å²) in [6, 6.07) is 0. The van der Waals surface area contributed by atoms with Gasteiger partial charge in [-0.2, -0.15) is 0 Å². The molecule has 67 heteroatoms. The zero-order valence-electron chi connectivity index (χ0n) is 68.1. The third-order valence-electron chi connectivity index (χ3n) is 13.0. The molecule has 0 rings (SSSR count). The third-order valence-corrected chi connectivity index (χ3v) is 13.0. The molecule has 0 saturated carbocycles. The summed E-state index contributed by atoms with van der Waals surface area (Å²) in [4.78, 5) is 228. The van der Waals surface area contributed by atoms with Crippen LogP contribution in [0.25, 0.3) is 0 Å². The van der Waals surface area contributed by atoms with Gasteiger partial charge in [-0.15, -0.1) is 0 Å². The Balaban J connectivity index is -0.0000000663. The first kappa shape index (κ1) is 162. The number of hydrogen-bond acceptors (Lipinski definition) is 52. The normalized spacial score (nSPS) is 9.72. The number of carboxylic acids is 20. The van der Waals surface area contributed by atoms with Gasteiger partial charge >= 0.3 is 175 Å². The topological polar surface area (TPSA) is 1160 Å². The van der Waals surface area contributed by atoms with Gasteiger partial charge in [-0.1, -0.05) is 0 Å². The molecule has 0 aromatic carbocycles. The molecule has 0 fully saturated rings. The summed E-state index contributed by atoms with van der Waals surface area (Å²) in [5.74, 6) is -27.7. The van der Waals surface area contributed by atoms with Gasteiger partial charge in [0.05, 0.1) is 125 Å². The molecule has 0 heterocycles. The molecule has 696 valence electrons. The Morgan fingerprint density at radius 3 is 0.252 bits per heavy atom. The fraction of sp³-hybridized carbons (Fsp3) is 0.643. The Kier molecular flexibility index (Phi) is 126. The molecule has 0 spiro atoms. The van der Waals surface area contributed by atoms with E-state index in [9.17, 15) is 147 Å². The van der Waals surface area contributed by atoms with Gasteiger partial charge in [0.15, 0.2) is 0 Å². The van der Waals surface area contributed by atoms with Crippen molar-refractivity contribution in [3.63, 3.8) is 0 Å². The van der Waals surface area contributed by atoms with Crippen LogP contribution in [0.5, 0.6) is 0 Å². The van der Waals surface area contributed by atoms with E-state index in [-0.39, 0.29) is 281 Å². The molecule has 40 N–H and O–H groups in total. The molecule has 0 atom stereocenters. The van der Waals surface area contributed by atoms with Gasteiger partial charge in [-0.05, 0) is 0 Å². The van der Waals surface area contributed by atoms with E-state index in [1.54, 1.807) is 0 Å². The molecule has 0 aliphatic rings. The Labute approximate surface area is 783 Å². The van der Waals surface area contributed by atoms with Crippen LogP contribution in [0, 0.1) is 0 Å². The van der Waals surface area contributed by atoms with Crippen molar-refractivity contribution in [3.8, 4) is 0 Å². The van der Waals surface area contributed by atoms with Crippen molar-refractivity contribution < 1.29 is 198 Å². The van der Waals surface area contributed by atoms with Crippen LogP contribution < -0.4 is 113 Å². The van der Waals surface area contributed by atoms with E-state index >= 15 is 0 Å². The second-order valence-electron chi connectivity index (χ2n) is 22.4. The Morgan fingerprint density at radius 2 is 0.187 bits per heavy atom. The van der Waals surface area contributed by atoms with E-state index in [4.69, 9.17) is 51.1 Å². The Bertz CT molecular complexity index is 2370. The standard InChI is InChI=1S/4C14H23N3O10.5Mg.10H3N/c4*18-10(19)5-15(1-3-16(6-11(20)21)7-12(22)23)2-4-17(8-13(24)25)9-14(26)27;;;;;;;;;;;;;;;/h4*1-9H2,(H,18,19)(H,20,21)(H,22,23)(H,24,25)(H,26,27);;;;;;10*1H3/q;;;;5*+2;;;;;;;;;;/p-10. The predicted molar refractivity (Wildman–Crippen MR) is 403 cm³/mol. The number of carbonyl (C=O) groups is 20. The van der Waals surface area contributed by atoms with Gasteiger partial charge in [-0.3, -0.25) is 107 Å². The van der Waals surface area contributed by atoms with E-state index in [1.165, 1.54) is 19.6 Å². The molecule has 0 aliphatic heterocycles. The average molecular weight is 1860 g/mol. The molecular formula is C56H112Mg5N22O40. The fourth-order valence-electron chi connectivity index (χ4n) is 8.79. The molecular weight excluding hydrogens is 1740 g/mol. The summed E-state index contributed by atoms with van der Waals surface area (Å²) >= 11 is 0. The van der Waals surface area contributed by atoms with Crippen LogP contribution in [0.3, 0.4) is 0 Å². The number of carbonyl (C=O) groups excluding carboxylic acids is 10. The van der Waals surface area contributed by atoms with Crippen molar-refractivity contribution >= 4 is 235 Å². The summed E-state index contributed by atoms with van der Waals surface area (Å²) < 4.78 is 0. The van der Waals surface area contributed by atoms with Crippen molar-refractivity contribution in [2.75, 3.05) is 236 Å². The molecule has 123 heavy (non-hydrogen) atoms. The minimum Gasteiger partial charge on any atom is -0.549 e. The van der Waals surface area contributed by atoms with Crippen LogP contribution in [0.1, 0.15) is 0 Å². The zero-order chi connectivity index (χ0) is 83.9. The first-order chi connectivity index (χ1) is 50.0. The number of hydrogen-bond donors (Lipinski definition) is 20. The summed E-state index contributed by atoms with van der Waals surface area (Å²) in [6.45, 7) is -13.7. The average Bonchev–Trinajstić information content (AvgIpc) is 0.933. The van der Waals surface area contributed by atoms with E-state index < -0.39 is 250 Å². The molecule has 0 aliphatic carbocycles. The number of nitrogens with zero attached hydrogens (tertiary/aromatic N) is 12. The Hall–Kier alpha value is -7.65. The molecule has 0 aromatic heterocycles. The second-order valence-corrected chi connectivity index (χ2v) is 22.4. The maximum atomic E-state index is 11.0. The molecule has 0 saturated heterocycles. The van der Waals surface area contributed by atoms with E-state index in [1.807, 2.05) is 0 Å². The monoisotopic (exact) mass is 1850 g/mol. The summed E-state index contributed by atoms with van der Waals surface area (Å²) in [5, 5.41) is 195. The molecule has 0 amide bonds. The van der Waals surface area contributed by atoms with E-state index in [0.29, 0.717) is 0 Å². The van der Waals surface area contributed by atoms with Gasteiger partial charge in [0.2, 0.25) is 0 Å². The quantitative estimate of drug-likeness (QED) is 0.0251. The van der Waals surface area contributed by atoms with Crippen molar-refractivity contribution in [1.82, 2.24) is 120 Å². The number of aliphatic carboxylic acids is 20. The molecule has 0 bridgehead atoms. The largest absolute Gasteiger partial charge is 2.00 e. The van der Waals surface area contributed by atoms with E-state index in [0.717, 1.165) is 39.2 Å². The van der Waals surface area contributed by atoms with Crippen LogP contribution in [-0.2, 0) is 95.9 Å². The van der Waals surface area contributed by atoms with Gasteiger partial charge in [0.25, 0.3) is 0 Å². The first-order valence-electron chi connectivity index (χ1n) is 30.8. The zero-order valence-corrected chi connectivity index (χ0v) is 75.2. The van der Waals surface area contributed by atoms with Crippen molar-refractivity contribution in [2.24, 2.45) is 0 Å². The minimum atomic E-state index is -1.53. The minimum absolute atomic E-state index is 0. The Morgan fingerprint density at radius 1 is 0.130 bits per heavy atom. The van der Waals surface area contributed by atoms with Crippen LogP contribution >= 0.6 is 0 Å². The summed E-state index contributed by atoms with van der Waals surface area (Å²) in [5.41, 5.74) is 0. The van der Waals surface area contributed by atoms with Gasteiger partial charge in [0.1, 0.15) is 0 Å². The fourth-order valence-corrected chi connectivity index (χ4v) is 8.79. The van der Waals surface area contributed by atoms with E-state index in [2.05, 4.69) is 0 Å². The third kappa shape index (κ3) is 114. The molecule has 0 aromatic rings. The molecule has 62 nitrogen and oxygen atoms in total. The molecule has 0 unspecified atom stereocenters. The van der Waals surface area contributed by atoms with Crippen LogP contribution in [-0.4, -0.2) is 580 Å². The number of rotatable bonds is 64. The van der Waals surface area contributed by atoms with Crippen LogP contribution in [0.2, 0.25) is 0 Å². The van der Waals surface area contributed by atoms with Crippen molar-refractivity contribution in [2.45, 2.75) is 0 Å². The smallest absolute Gasteiger partial charge is 0.549 e. The molecule has 0 radical (unpaired) electrons. The van der Waals surface area contributed by atoms with Gasteiger partial charge < -0.3 is 212 Å². The van der Waals surface area contributed by atoms with Crippen molar-refractivity contribution in [3.05, 3.63) is 0 Å². The second kappa shape index (κ2) is 95.0. The summed E-state index contributed by atoms with van der Waals surface area (Å²) in [7, 11) is 0. The summed E-state index contributed by atoms with van der Waals surface area (Å²) in [6.07, 6.45) is 0. The van der Waals surface area contributed by atoms with Crippen LogP contribution in [0.15, 0.2) is 0 Å². The van der Waals surface area contributed by atoms with Crippen molar-refractivity contribution in [1.29, 1.82) is 0 Å². The maximum Gasteiger partial charge on any atom is 2.00 e. The SMILES string of the molecule is N.N.N.N.N.N.N.N.N.N.O=C(O)CN(CCN(CC(=O)O)CC(=O)O)CCN(CC(=O)O)CC(=O)O.O=C([O-])CN(CCN(CCN(CC(=O)O)CC(=O)O)CC(=O)O)CC(=O)[O-].O=C([O-])CN(CCN(CCN(CC(=O)[O-])CC(=O)[O-])CC(=O)O)CC(=O)[O-].O=C([O-])CN(CCN(CCN(CC(=O)[O-])CC(=O)[O-])CC(=O)O)CC(=O)[O-].[Mg+2].[Mg+2].[Mg+2].[Mg+2].[Mg+2]. The van der Waals surface area contributed by atoms with Gasteiger partial charge in [0, 0.05) is 170 Å².